The van der Waals surface area contributed by atoms with Gasteiger partial charge in [-0.2, -0.15) is 0 Å². The van der Waals surface area contributed by atoms with Crippen molar-refractivity contribution in [3.05, 3.63) is 60.2 Å². The number of nitrogens with zero attached hydrogens (tertiary/aromatic N) is 1. The Balaban J connectivity index is 1.65. The summed E-state index contributed by atoms with van der Waals surface area (Å²) < 4.78 is 5.07. The van der Waals surface area contributed by atoms with Crippen LogP contribution in [0.1, 0.15) is 16.8 Å². The maximum atomic E-state index is 12.5. The molecule has 2 aromatic carbocycles. The predicted octanol–water partition coefficient (Wildman–Crippen LogP) is 1.26. The van der Waals surface area contributed by atoms with Crippen LogP contribution in [0.15, 0.2) is 54.6 Å². The van der Waals surface area contributed by atoms with Gasteiger partial charge in [0.15, 0.2) is 0 Å². The number of imide groups is 1. The summed E-state index contributed by atoms with van der Waals surface area (Å²) in [5.74, 6) is -0.485. The van der Waals surface area contributed by atoms with Crippen LogP contribution < -0.4 is 20.5 Å². The van der Waals surface area contributed by atoms with E-state index in [1.165, 1.54) is 7.11 Å². The van der Waals surface area contributed by atoms with Gasteiger partial charge in [-0.25, -0.2) is 10.3 Å². The van der Waals surface area contributed by atoms with Crippen LogP contribution in [0.25, 0.3) is 0 Å². The Morgan fingerprint density at radius 3 is 2.40 bits per heavy atom. The molecular weight excluding hydrogens is 322 g/mol. The number of nitrogens with one attached hydrogen (secondary N) is 2. The van der Waals surface area contributed by atoms with Crippen LogP contribution in [0.4, 0.5) is 5.69 Å². The van der Waals surface area contributed by atoms with Crippen molar-refractivity contribution in [2.45, 2.75) is 12.5 Å². The molecule has 1 aliphatic heterocycles. The lowest BCUT2D eigenvalue weighted by Crippen LogP contribution is -2.48. The van der Waals surface area contributed by atoms with Crippen LogP contribution in [0.2, 0.25) is 0 Å². The number of rotatable bonds is 5. The van der Waals surface area contributed by atoms with Crippen molar-refractivity contribution >= 4 is 23.4 Å². The van der Waals surface area contributed by atoms with Gasteiger partial charge in [0.25, 0.3) is 11.8 Å². The topological polar surface area (TPSA) is 87.7 Å². The number of hydrazine groups is 1. The normalized spacial score (nSPS) is 16.8. The standard InChI is InChI=1S/C18H17N3O4/c1-25-14-9-7-13(8-10-14)21-16(22)11-15(18(21)24)19-20-17(23)12-5-3-2-4-6-12/h2-10,15,19H,11H2,1H3,(H,20,23). The van der Waals surface area contributed by atoms with Gasteiger partial charge in [-0.05, 0) is 36.4 Å². The Labute approximate surface area is 144 Å². The van der Waals surface area contributed by atoms with Crippen LogP contribution in [-0.2, 0) is 9.59 Å². The lowest BCUT2D eigenvalue weighted by Gasteiger charge is -2.16. The SMILES string of the molecule is COc1ccc(N2C(=O)CC(NNC(=O)c3ccccc3)C2=O)cc1. The van der Waals surface area contributed by atoms with E-state index in [1.807, 2.05) is 0 Å². The summed E-state index contributed by atoms with van der Waals surface area (Å²) in [6, 6.07) is 14.4. The number of carbonyl (C=O) groups is 3. The number of methoxy groups -OCH3 is 1. The molecule has 1 aliphatic rings. The Bertz CT molecular complexity index is 790. The minimum absolute atomic E-state index is 0.0278. The van der Waals surface area contributed by atoms with Gasteiger partial charge < -0.3 is 4.74 Å². The van der Waals surface area contributed by atoms with Crippen molar-refractivity contribution in [3.8, 4) is 5.75 Å². The van der Waals surface area contributed by atoms with Gasteiger partial charge in [-0.15, -0.1) is 0 Å². The average molecular weight is 339 g/mol. The number of hydrogen-bond donors (Lipinski definition) is 2. The Kier molecular flexibility index (Phi) is 4.76. The Morgan fingerprint density at radius 1 is 1.08 bits per heavy atom. The second-order valence-corrected chi connectivity index (χ2v) is 5.49. The van der Waals surface area contributed by atoms with E-state index < -0.39 is 11.9 Å². The van der Waals surface area contributed by atoms with E-state index in [1.54, 1.807) is 54.6 Å². The Morgan fingerprint density at radius 2 is 1.76 bits per heavy atom. The van der Waals surface area contributed by atoms with E-state index in [0.29, 0.717) is 17.0 Å². The number of ether oxygens (including phenoxy) is 1. The van der Waals surface area contributed by atoms with Gasteiger partial charge in [0.2, 0.25) is 5.91 Å². The molecule has 0 radical (unpaired) electrons. The third-order valence-electron chi connectivity index (χ3n) is 3.87. The minimum Gasteiger partial charge on any atom is -0.497 e. The van der Waals surface area contributed by atoms with Gasteiger partial charge >= 0.3 is 0 Å². The molecular formula is C18H17N3O4. The fourth-order valence-corrected chi connectivity index (χ4v) is 2.56. The number of carbonyl (C=O) groups excluding carboxylic acids is 3. The first kappa shape index (κ1) is 16.7. The number of anilines is 1. The van der Waals surface area contributed by atoms with E-state index in [0.717, 1.165) is 4.90 Å². The summed E-state index contributed by atoms with van der Waals surface area (Å²) in [7, 11) is 1.54. The molecule has 0 aromatic heterocycles. The van der Waals surface area contributed by atoms with Crippen molar-refractivity contribution in [2.75, 3.05) is 12.0 Å². The van der Waals surface area contributed by atoms with Crippen LogP contribution in [0, 0.1) is 0 Å². The summed E-state index contributed by atoms with van der Waals surface area (Å²) in [4.78, 5) is 37.8. The molecule has 0 aliphatic carbocycles. The summed E-state index contributed by atoms with van der Waals surface area (Å²) in [5, 5.41) is 0. The van der Waals surface area contributed by atoms with Crippen molar-refractivity contribution in [2.24, 2.45) is 0 Å². The summed E-state index contributed by atoms with van der Waals surface area (Å²) in [6.45, 7) is 0. The minimum atomic E-state index is -0.803. The molecule has 25 heavy (non-hydrogen) atoms. The molecule has 2 aromatic rings. The van der Waals surface area contributed by atoms with E-state index in [9.17, 15) is 14.4 Å². The van der Waals surface area contributed by atoms with E-state index in [2.05, 4.69) is 10.9 Å². The first-order valence-corrected chi connectivity index (χ1v) is 7.72. The second-order valence-electron chi connectivity index (χ2n) is 5.49. The highest BCUT2D eigenvalue weighted by Crippen LogP contribution is 2.24. The van der Waals surface area contributed by atoms with Crippen molar-refractivity contribution in [3.63, 3.8) is 0 Å². The van der Waals surface area contributed by atoms with Gasteiger partial charge in [-0.3, -0.25) is 19.8 Å². The highest BCUT2D eigenvalue weighted by atomic mass is 16.5. The Hall–Kier alpha value is -3.19. The van der Waals surface area contributed by atoms with Crippen molar-refractivity contribution in [1.29, 1.82) is 0 Å². The third-order valence-corrected chi connectivity index (χ3v) is 3.87. The van der Waals surface area contributed by atoms with Crippen LogP contribution in [0.5, 0.6) is 5.75 Å². The van der Waals surface area contributed by atoms with Gasteiger partial charge in [0.1, 0.15) is 11.8 Å². The summed E-state index contributed by atoms with van der Waals surface area (Å²) in [6.07, 6.45) is -0.0278. The molecule has 1 fully saturated rings. The molecule has 1 heterocycles. The maximum absolute atomic E-state index is 12.5. The van der Waals surface area contributed by atoms with E-state index >= 15 is 0 Å². The lowest BCUT2D eigenvalue weighted by molar-refractivity contribution is -0.121. The first-order chi connectivity index (χ1) is 12.1. The molecule has 0 spiro atoms. The molecule has 1 atom stereocenters. The zero-order chi connectivity index (χ0) is 17.8. The maximum Gasteiger partial charge on any atom is 0.265 e. The predicted molar refractivity (Wildman–Crippen MR) is 90.9 cm³/mol. The number of benzene rings is 2. The zero-order valence-corrected chi connectivity index (χ0v) is 13.6. The van der Waals surface area contributed by atoms with Crippen LogP contribution >= 0.6 is 0 Å². The zero-order valence-electron chi connectivity index (χ0n) is 13.6. The lowest BCUT2D eigenvalue weighted by atomic mass is 10.2. The molecule has 1 unspecified atom stereocenters. The molecule has 2 N–H and O–H groups in total. The average Bonchev–Trinajstić information content (AvgIpc) is 2.94. The fourth-order valence-electron chi connectivity index (χ4n) is 2.56. The summed E-state index contributed by atoms with van der Waals surface area (Å²) >= 11 is 0. The van der Waals surface area contributed by atoms with E-state index in [-0.39, 0.29) is 18.2 Å². The second kappa shape index (κ2) is 7.14. The largest absolute Gasteiger partial charge is 0.497 e. The molecule has 0 saturated carbocycles. The van der Waals surface area contributed by atoms with E-state index in [4.69, 9.17) is 4.74 Å². The molecule has 3 rings (SSSR count). The van der Waals surface area contributed by atoms with Crippen LogP contribution in [0.3, 0.4) is 0 Å². The quantitative estimate of drug-likeness (QED) is 0.632. The molecule has 0 bridgehead atoms. The van der Waals surface area contributed by atoms with Crippen molar-refractivity contribution in [1.82, 2.24) is 10.9 Å². The fraction of sp³-hybridized carbons (Fsp3) is 0.167. The molecule has 7 nitrogen and oxygen atoms in total. The molecule has 128 valence electrons. The molecule has 1 saturated heterocycles. The third kappa shape index (κ3) is 3.51. The van der Waals surface area contributed by atoms with Gasteiger partial charge in [-0.1, -0.05) is 18.2 Å². The molecule has 7 heteroatoms. The highest BCUT2D eigenvalue weighted by molar-refractivity contribution is 6.22. The number of hydrogen-bond acceptors (Lipinski definition) is 5. The smallest absolute Gasteiger partial charge is 0.265 e. The van der Waals surface area contributed by atoms with Gasteiger partial charge in [0, 0.05) is 5.56 Å². The highest BCUT2D eigenvalue weighted by Gasteiger charge is 2.39. The first-order valence-electron chi connectivity index (χ1n) is 7.72. The molecule has 3 amide bonds. The monoisotopic (exact) mass is 339 g/mol. The van der Waals surface area contributed by atoms with Crippen LogP contribution in [-0.4, -0.2) is 30.9 Å². The van der Waals surface area contributed by atoms with Crippen molar-refractivity contribution < 1.29 is 19.1 Å². The van der Waals surface area contributed by atoms with Gasteiger partial charge in [0.05, 0.1) is 19.2 Å². The number of amides is 3. The summed E-state index contributed by atoms with van der Waals surface area (Å²) in [5.41, 5.74) is 6.04.